The van der Waals surface area contributed by atoms with E-state index in [2.05, 4.69) is 22.6 Å². The minimum absolute atomic E-state index is 0.206. The lowest BCUT2D eigenvalue weighted by molar-refractivity contribution is -0.946. The summed E-state index contributed by atoms with van der Waals surface area (Å²) in [5.41, 5.74) is -0.799. The van der Waals surface area contributed by atoms with E-state index in [-0.39, 0.29) is 6.10 Å². The van der Waals surface area contributed by atoms with Gasteiger partial charge in [-0.2, -0.15) is 0 Å². The average molecular weight is 584 g/mol. The van der Waals surface area contributed by atoms with Gasteiger partial charge in [0.05, 0.1) is 13.1 Å². The number of carbonyl (C=O) groups is 1. The molecular weight excluding hydrogens is 553 g/mol. The SMILES string of the molecule is O=C(OC1C[N+]2(CCOc3ccc(I)cc3)CCC1CC2)C(O)(c1ccccc1)c1ccccc1. The first kappa shape index (κ1) is 24.3. The highest BCUT2D eigenvalue weighted by Crippen LogP contribution is 2.38. The van der Waals surface area contributed by atoms with Crippen molar-refractivity contribution in [2.24, 2.45) is 5.92 Å². The van der Waals surface area contributed by atoms with Crippen molar-refractivity contribution < 1.29 is 23.9 Å². The summed E-state index contributed by atoms with van der Waals surface area (Å²) in [6.07, 6.45) is 1.84. The molecule has 6 heteroatoms. The smallest absolute Gasteiger partial charge is 0.348 e. The van der Waals surface area contributed by atoms with Crippen LogP contribution in [-0.4, -0.2) is 54.4 Å². The number of benzene rings is 3. The van der Waals surface area contributed by atoms with Gasteiger partial charge in [-0.1, -0.05) is 60.7 Å². The zero-order valence-electron chi connectivity index (χ0n) is 19.7. The molecule has 1 atom stereocenters. The number of ether oxygens (including phenoxy) is 2. The molecule has 2 bridgehead atoms. The topological polar surface area (TPSA) is 55.8 Å². The van der Waals surface area contributed by atoms with Gasteiger partial charge in [0.15, 0.2) is 6.10 Å². The molecule has 3 heterocycles. The molecule has 0 spiro atoms. The number of nitrogens with zero attached hydrogens (tertiary/aromatic N) is 1. The zero-order chi connectivity index (χ0) is 24.3. The second kappa shape index (κ2) is 10.3. The summed E-state index contributed by atoms with van der Waals surface area (Å²) in [6.45, 7) is 4.44. The summed E-state index contributed by atoms with van der Waals surface area (Å²) in [4.78, 5) is 13.6. The molecule has 3 aliphatic rings. The van der Waals surface area contributed by atoms with E-state index in [9.17, 15) is 9.90 Å². The molecule has 3 fully saturated rings. The van der Waals surface area contributed by atoms with E-state index >= 15 is 0 Å². The van der Waals surface area contributed by atoms with Gasteiger partial charge in [-0.15, -0.1) is 0 Å². The quantitative estimate of drug-likeness (QED) is 0.236. The molecule has 3 aromatic rings. The monoisotopic (exact) mass is 584 g/mol. The van der Waals surface area contributed by atoms with E-state index in [1.807, 2.05) is 60.7 Å². The maximum atomic E-state index is 13.6. The van der Waals surface area contributed by atoms with Crippen molar-refractivity contribution in [1.82, 2.24) is 0 Å². The van der Waals surface area contributed by atoms with Crippen LogP contribution in [0, 0.1) is 9.49 Å². The Morgan fingerprint density at radius 3 is 2.06 bits per heavy atom. The molecule has 0 amide bonds. The van der Waals surface area contributed by atoms with Crippen LogP contribution in [-0.2, 0) is 15.1 Å². The van der Waals surface area contributed by atoms with Crippen LogP contribution < -0.4 is 4.74 Å². The highest BCUT2D eigenvalue weighted by molar-refractivity contribution is 14.1. The van der Waals surface area contributed by atoms with Gasteiger partial charge in [-0.05, 0) is 58.0 Å². The lowest BCUT2D eigenvalue weighted by Gasteiger charge is -2.52. The second-order valence-corrected chi connectivity index (χ2v) is 11.0. The Kier molecular flexibility index (Phi) is 7.14. The molecule has 3 aliphatic heterocycles. The van der Waals surface area contributed by atoms with Crippen LogP contribution in [0.2, 0.25) is 0 Å². The molecule has 182 valence electrons. The second-order valence-electron chi connectivity index (χ2n) is 9.72. The molecule has 3 aromatic carbocycles. The fraction of sp³-hybridized carbons (Fsp3) is 0.345. The van der Waals surface area contributed by atoms with E-state index in [0.29, 0.717) is 23.7 Å². The van der Waals surface area contributed by atoms with E-state index in [0.717, 1.165) is 49.3 Å². The summed E-state index contributed by atoms with van der Waals surface area (Å²) in [5, 5.41) is 11.8. The molecule has 3 saturated heterocycles. The summed E-state index contributed by atoms with van der Waals surface area (Å²) < 4.78 is 14.3. The van der Waals surface area contributed by atoms with Crippen molar-refractivity contribution >= 4 is 28.6 Å². The molecule has 6 rings (SSSR count). The van der Waals surface area contributed by atoms with Gasteiger partial charge in [0.25, 0.3) is 0 Å². The van der Waals surface area contributed by atoms with Crippen LogP contribution >= 0.6 is 22.6 Å². The number of quaternary nitrogens is 1. The number of rotatable bonds is 8. The first-order chi connectivity index (χ1) is 17.0. The molecule has 1 N–H and O–H groups in total. The van der Waals surface area contributed by atoms with Crippen molar-refractivity contribution in [3.8, 4) is 5.75 Å². The first-order valence-electron chi connectivity index (χ1n) is 12.3. The number of halogens is 1. The summed E-state index contributed by atoms with van der Waals surface area (Å²) >= 11 is 2.29. The molecule has 35 heavy (non-hydrogen) atoms. The number of esters is 1. The Labute approximate surface area is 220 Å². The molecule has 0 aliphatic carbocycles. The number of aliphatic hydroxyl groups is 1. The average Bonchev–Trinajstić information content (AvgIpc) is 2.91. The Morgan fingerprint density at radius 1 is 0.914 bits per heavy atom. The Morgan fingerprint density at radius 2 is 1.49 bits per heavy atom. The molecule has 1 unspecified atom stereocenters. The van der Waals surface area contributed by atoms with Crippen molar-refractivity contribution in [2.45, 2.75) is 24.5 Å². The molecular formula is C29H31INO4+. The first-order valence-corrected chi connectivity index (χ1v) is 13.3. The maximum absolute atomic E-state index is 13.6. The van der Waals surface area contributed by atoms with E-state index in [4.69, 9.17) is 9.47 Å². The van der Waals surface area contributed by atoms with Crippen LogP contribution in [0.15, 0.2) is 84.9 Å². The summed E-state index contributed by atoms with van der Waals surface area (Å²) in [5.74, 6) is 0.628. The van der Waals surface area contributed by atoms with E-state index in [1.54, 1.807) is 24.3 Å². The van der Waals surface area contributed by atoms with Gasteiger partial charge in [0, 0.05) is 22.3 Å². The van der Waals surface area contributed by atoms with Gasteiger partial charge < -0.3 is 19.1 Å². The van der Waals surface area contributed by atoms with Crippen LogP contribution in [0.3, 0.4) is 0 Å². The lowest BCUT2D eigenvalue weighted by atomic mass is 9.82. The molecule has 5 nitrogen and oxygen atoms in total. The standard InChI is InChI=1S/C29H31INO4/c30-25-11-13-26(14-12-25)34-20-19-31-17-15-22(16-18-31)27(21-31)35-28(32)29(33,23-7-3-1-4-8-23)24-9-5-2-6-10-24/h1-14,22,27,33H,15-21H2/q+1. The largest absolute Gasteiger partial charge is 0.488 e. The number of piperidine rings is 3. The predicted molar refractivity (Wildman–Crippen MR) is 143 cm³/mol. The zero-order valence-corrected chi connectivity index (χ0v) is 21.8. The van der Waals surface area contributed by atoms with Gasteiger partial charge >= 0.3 is 5.97 Å². The van der Waals surface area contributed by atoms with Crippen LogP contribution in [0.1, 0.15) is 24.0 Å². The molecule has 0 saturated carbocycles. The summed E-state index contributed by atoms with van der Waals surface area (Å²) in [7, 11) is 0. The number of hydrogen-bond acceptors (Lipinski definition) is 4. The van der Waals surface area contributed by atoms with Crippen molar-refractivity contribution in [3.63, 3.8) is 0 Å². The molecule has 0 aromatic heterocycles. The van der Waals surface area contributed by atoms with Crippen LogP contribution in [0.5, 0.6) is 5.75 Å². The number of hydrogen-bond donors (Lipinski definition) is 1. The van der Waals surface area contributed by atoms with Gasteiger partial charge in [0.1, 0.15) is 25.4 Å². The minimum Gasteiger partial charge on any atom is -0.488 e. The highest BCUT2D eigenvalue weighted by Gasteiger charge is 2.50. The third kappa shape index (κ3) is 5.10. The lowest BCUT2D eigenvalue weighted by Crippen LogP contribution is -2.65. The fourth-order valence-corrected chi connectivity index (χ4v) is 5.90. The van der Waals surface area contributed by atoms with E-state index < -0.39 is 11.6 Å². The Bertz CT molecular complexity index is 1090. The van der Waals surface area contributed by atoms with Gasteiger partial charge in [-0.25, -0.2) is 4.79 Å². The maximum Gasteiger partial charge on any atom is 0.348 e. The van der Waals surface area contributed by atoms with Gasteiger partial charge in [-0.3, -0.25) is 0 Å². The normalized spacial score (nSPS) is 23.6. The summed E-state index contributed by atoms with van der Waals surface area (Å²) in [6, 6.07) is 26.3. The van der Waals surface area contributed by atoms with E-state index in [1.165, 1.54) is 3.57 Å². The van der Waals surface area contributed by atoms with Crippen molar-refractivity contribution in [3.05, 3.63) is 99.6 Å². The van der Waals surface area contributed by atoms with Gasteiger partial charge in [0.2, 0.25) is 5.60 Å². The number of fused-ring (bicyclic) bond motifs is 3. The van der Waals surface area contributed by atoms with Crippen molar-refractivity contribution in [1.29, 1.82) is 0 Å². The van der Waals surface area contributed by atoms with Crippen LogP contribution in [0.4, 0.5) is 0 Å². The minimum atomic E-state index is -1.84. The third-order valence-corrected chi connectivity index (χ3v) is 8.35. The van der Waals surface area contributed by atoms with Crippen molar-refractivity contribution in [2.75, 3.05) is 32.8 Å². The third-order valence-electron chi connectivity index (χ3n) is 7.63. The highest BCUT2D eigenvalue weighted by atomic mass is 127. The predicted octanol–water partition coefficient (Wildman–Crippen LogP) is 4.76. The Balaban J connectivity index is 1.30. The van der Waals surface area contributed by atoms with Crippen LogP contribution in [0.25, 0.3) is 0 Å². The molecule has 0 radical (unpaired) electrons. The number of carbonyl (C=O) groups excluding carboxylic acids is 1. The fourth-order valence-electron chi connectivity index (χ4n) is 5.54. The Hall–Kier alpha value is -2.42.